The summed E-state index contributed by atoms with van der Waals surface area (Å²) >= 11 is 0. The molecule has 1 amide bonds. The molecule has 11 heteroatoms. The molecule has 0 aliphatic carbocycles. The second kappa shape index (κ2) is 9.84. The Balaban J connectivity index is 1.03. The van der Waals surface area contributed by atoms with E-state index in [1.54, 1.807) is 24.3 Å². The van der Waals surface area contributed by atoms with Crippen LogP contribution in [0, 0.1) is 5.92 Å². The smallest absolute Gasteiger partial charge is 0.229 e. The monoisotopic (exact) mass is 497 g/mol. The van der Waals surface area contributed by atoms with Crippen molar-refractivity contribution in [3.8, 4) is 22.8 Å². The van der Waals surface area contributed by atoms with Crippen LogP contribution in [0.5, 0.6) is 5.75 Å². The van der Waals surface area contributed by atoms with Gasteiger partial charge in [-0.2, -0.15) is 5.10 Å². The van der Waals surface area contributed by atoms with E-state index in [1.165, 1.54) is 6.33 Å². The molecule has 3 aromatic heterocycles. The maximum absolute atomic E-state index is 13.1. The van der Waals surface area contributed by atoms with E-state index < -0.39 is 0 Å². The molecule has 4 aromatic rings. The maximum Gasteiger partial charge on any atom is 0.229 e. The zero-order valence-corrected chi connectivity index (χ0v) is 20.5. The highest BCUT2D eigenvalue weighted by Crippen LogP contribution is 2.27. The van der Waals surface area contributed by atoms with Crippen LogP contribution in [0.25, 0.3) is 17.1 Å². The molecule has 0 spiro atoms. The zero-order chi connectivity index (χ0) is 25.2. The van der Waals surface area contributed by atoms with Gasteiger partial charge < -0.3 is 19.4 Å². The molecule has 0 saturated carbocycles. The van der Waals surface area contributed by atoms with Gasteiger partial charge in [0.1, 0.15) is 30.0 Å². The Morgan fingerprint density at radius 2 is 1.57 bits per heavy atom. The van der Waals surface area contributed by atoms with Crippen molar-refractivity contribution in [1.82, 2.24) is 34.6 Å². The highest BCUT2D eigenvalue weighted by atomic mass is 16.5. The topological polar surface area (TPSA) is 105 Å². The van der Waals surface area contributed by atoms with Gasteiger partial charge in [-0.05, 0) is 30.3 Å². The molecule has 0 radical (unpaired) electrons. The molecule has 2 aliphatic heterocycles. The summed E-state index contributed by atoms with van der Waals surface area (Å²) in [6.45, 7) is 4.14. The van der Waals surface area contributed by atoms with Crippen LogP contribution in [0.3, 0.4) is 0 Å². The van der Waals surface area contributed by atoms with Crippen LogP contribution in [0.15, 0.2) is 67.5 Å². The summed E-state index contributed by atoms with van der Waals surface area (Å²) in [6.07, 6.45) is 6.69. The number of benzene rings is 1. The summed E-state index contributed by atoms with van der Waals surface area (Å²) in [5, 5.41) is 4.22. The second-order valence-corrected chi connectivity index (χ2v) is 9.09. The van der Waals surface area contributed by atoms with Gasteiger partial charge in [0.15, 0.2) is 5.82 Å². The van der Waals surface area contributed by atoms with E-state index in [4.69, 9.17) is 4.74 Å². The SMILES string of the molecule is COc1ccc(-c2cc(N3CCN(C(=O)C4CN(c5cc(-n6cccn6)ncn5)C4)CC3)ncn2)cc1. The van der Waals surface area contributed by atoms with Crippen LogP contribution < -0.4 is 14.5 Å². The second-order valence-electron chi connectivity index (χ2n) is 9.09. The van der Waals surface area contributed by atoms with E-state index in [0.29, 0.717) is 32.0 Å². The molecule has 11 nitrogen and oxygen atoms in total. The lowest BCUT2D eigenvalue weighted by atomic mass is 9.98. The molecular formula is C26H27N9O2. The number of hydrogen-bond donors (Lipinski definition) is 0. The summed E-state index contributed by atoms with van der Waals surface area (Å²) in [5.41, 5.74) is 1.87. The lowest BCUT2D eigenvalue weighted by molar-refractivity contribution is -0.136. The van der Waals surface area contributed by atoms with Crippen molar-refractivity contribution in [2.24, 2.45) is 5.92 Å². The number of anilines is 2. The Labute approximate surface area is 214 Å². The predicted molar refractivity (Wildman–Crippen MR) is 138 cm³/mol. The molecule has 0 N–H and O–H groups in total. The van der Waals surface area contributed by atoms with Gasteiger partial charge in [-0.3, -0.25) is 4.79 Å². The number of carbonyl (C=O) groups excluding carboxylic acids is 1. The highest BCUT2D eigenvalue weighted by molar-refractivity contribution is 5.82. The summed E-state index contributed by atoms with van der Waals surface area (Å²) in [6, 6.07) is 13.6. The minimum atomic E-state index is -0.0182. The summed E-state index contributed by atoms with van der Waals surface area (Å²) in [7, 11) is 1.65. The fourth-order valence-corrected chi connectivity index (χ4v) is 4.72. The minimum absolute atomic E-state index is 0.0182. The highest BCUT2D eigenvalue weighted by Gasteiger charge is 2.37. The first kappa shape index (κ1) is 22.9. The van der Waals surface area contributed by atoms with Crippen LogP contribution in [0.1, 0.15) is 0 Å². The number of nitrogens with zero attached hydrogens (tertiary/aromatic N) is 9. The minimum Gasteiger partial charge on any atom is -0.497 e. The fraction of sp³-hybridized carbons (Fsp3) is 0.308. The Morgan fingerprint density at radius 1 is 0.865 bits per heavy atom. The third kappa shape index (κ3) is 4.67. The van der Waals surface area contributed by atoms with Crippen LogP contribution in [0.2, 0.25) is 0 Å². The summed E-state index contributed by atoms with van der Waals surface area (Å²) in [5.74, 6) is 3.39. The van der Waals surface area contributed by atoms with Gasteiger partial charge in [0, 0.05) is 69.4 Å². The van der Waals surface area contributed by atoms with E-state index in [1.807, 2.05) is 53.6 Å². The summed E-state index contributed by atoms with van der Waals surface area (Å²) in [4.78, 5) is 37.0. The third-order valence-electron chi connectivity index (χ3n) is 6.89. The molecule has 6 rings (SSSR count). The van der Waals surface area contributed by atoms with E-state index in [-0.39, 0.29) is 11.8 Å². The molecule has 2 fully saturated rings. The first-order valence-electron chi connectivity index (χ1n) is 12.2. The van der Waals surface area contributed by atoms with Crippen molar-refractivity contribution in [2.75, 3.05) is 56.2 Å². The predicted octanol–water partition coefficient (Wildman–Crippen LogP) is 1.91. The standard InChI is InChI=1S/C26H27N9O2/c1-37-21-5-3-19(4-6-21)22-13-23(28-17-27-22)32-9-11-33(12-10-32)26(36)20-15-34(16-20)24-14-25(30-18-29-24)35-8-2-7-31-35/h2-8,13-14,17-18,20H,9-12,15-16H2,1H3. The normalized spacial score (nSPS) is 16.0. The number of methoxy groups -OCH3 is 1. The van der Waals surface area contributed by atoms with E-state index in [0.717, 1.165) is 41.7 Å². The molecule has 0 atom stereocenters. The number of carbonyl (C=O) groups is 1. The molecule has 5 heterocycles. The summed E-state index contributed by atoms with van der Waals surface area (Å²) < 4.78 is 6.94. The quantitative estimate of drug-likeness (QED) is 0.395. The van der Waals surface area contributed by atoms with Gasteiger partial charge in [-0.25, -0.2) is 24.6 Å². The van der Waals surface area contributed by atoms with Gasteiger partial charge in [-0.1, -0.05) is 0 Å². The van der Waals surface area contributed by atoms with Crippen LogP contribution in [-0.2, 0) is 4.79 Å². The molecule has 188 valence electrons. The lowest BCUT2D eigenvalue weighted by Crippen LogP contribution is -2.58. The van der Waals surface area contributed by atoms with Crippen molar-refractivity contribution in [2.45, 2.75) is 0 Å². The molecule has 1 aromatic carbocycles. The van der Waals surface area contributed by atoms with Gasteiger partial charge in [0.05, 0.1) is 18.7 Å². The van der Waals surface area contributed by atoms with Gasteiger partial charge >= 0.3 is 0 Å². The molecule has 2 aliphatic rings. The van der Waals surface area contributed by atoms with Gasteiger partial charge in [0.25, 0.3) is 0 Å². The number of aromatic nitrogens is 6. The van der Waals surface area contributed by atoms with Crippen molar-refractivity contribution in [3.05, 3.63) is 67.5 Å². The van der Waals surface area contributed by atoms with Crippen molar-refractivity contribution in [1.29, 1.82) is 0 Å². The van der Waals surface area contributed by atoms with Crippen LogP contribution in [-0.4, -0.2) is 86.9 Å². The Bertz CT molecular complexity index is 1360. The van der Waals surface area contributed by atoms with Crippen LogP contribution in [0.4, 0.5) is 11.6 Å². The van der Waals surface area contributed by atoms with Crippen LogP contribution >= 0.6 is 0 Å². The molecule has 37 heavy (non-hydrogen) atoms. The number of ether oxygens (including phenoxy) is 1. The molecule has 0 bridgehead atoms. The first-order valence-corrected chi connectivity index (χ1v) is 12.2. The largest absolute Gasteiger partial charge is 0.497 e. The Kier molecular flexibility index (Phi) is 6.09. The Morgan fingerprint density at radius 3 is 2.27 bits per heavy atom. The fourth-order valence-electron chi connectivity index (χ4n) is 4.72. The van der Waals surface area contributed by atoms with Crippen molar-refractivity contribution >= 4 is 17.5 Å². The average molecular weight is 498 g/mol. The zero-order valence-electron chi connectivity index (χ0n) is 20.5. The molecule has 2 saturated heterocycles. The number of piperazine rings is 1. The van der Waals surface area contributed by atoms with E-state index >= 15 is 0 Å². The van der Waals surface area contributed by atoms with E-state index in [9.17, 15) is 4.79 Å². The molecule has 0 unspecified atom stereocenters. The third-order valence-corrected chi connectivity index (χ3v) is 6.89. The van der Waals surface area contributed by atoms with Crippen molar-refractivity contribution < 1.29 is 9.53 Å². The number of amides is 1. The molecular weight excluding hydrogens is 470 g/mol. The lowest BCUT2D eigenvalue weighted by Gasteiger charge is -2.43. The van der Waals surface area contributed by atoms with Crippen molar-refractivity contribution in [3.63, 3.8) is 0 Å². The number of rotatable bonds is 6. The maximum atomic E-state index is 13.1. The average Bonchev–Trinajstić information content (AvgIpc) is 3.48. The Hall–Kier alpha value is -4.54. The van der Waals surface area contributed by atoms with E-state index in [2.05, 4.69) is 34.8 Å². The van der Waals surface area contributed by atoms with Gasteiger partial charge in [0.2, 0.25) is 5.91 Å². The number of hydrogen-bond acceptors (Lipinski definition) is 9. The first-order chi connectivity index (χ1) is 18.2. The van der Waals surface area contributed by atoms with Gasteiger partial charge in [-0.15, -0.1) is 0 Å².